The number of nitrogens with zero attached hydrogens (tertiary/aromatic N) is 1. The topological polar surface area (TPSA) is 32.6 Å². The van der Waals surface area contributed by atoms with E-state index >= 15 is 0 Å². The third kappa shape index (κ3) is 2.73. The number of hydrogen-bond donors (Lipinski definition) is 1. The van der Waals surface area contributed by atoms with E-state index in [1.807, 2.05) is 0 Å². The third-order valence-electron chi connectivity index (χ3n) is 13.9. The van der Waals surface area contributed by atoms with Gasteiger partial charge in [-0.15, -0.1) is 0 Å². The van der Waals surface area contributed by atoms with Gasteiger partial charge < -0.3 is 5.21 Å². The van der Waals surface area contributed by atoms with Crippen molar-refractivity contribution in [1.29, 1.82) is 0 Å². The van der Waals surface area contributed by atoms with Gasteiger partial charge in [0.25, 0.3) is 0 Å². The van der Waals surface area contributed by atoms with Gasteiger partial charge >= 0.3 is 0 Å². The van der Waals surface area contributed by atoms with E-state index in [0.717, 1.165) is 29.9 Å². The fourth-order valence-corrected chi connectivity index (χ4v) is 11.3. The lowest BCUT2D eigenvalue weighted by atomic mass is 9.30. The van der Waals surface area contributed by atoms with Crippen LogP contribution in [0.2, 0.25) is 0 Å². The van der Waals surface area contributed by atoms with Gasteiger partial charge in [0, 0.05) is 5.92 Å². The maximum atomic E-state index is 9.66. The molecule has 0 radical (unpaired) electrons. The van der Waals surface area contributed by atoms with Crippen LogP contribution in [0, 0.1) is 56.2 Å². The van der Waals surface area contributed by atoms with Crippen molar-refractivity contribution in [2.75, 3.05) is 0 Å². The Morgan fingerprint density at radius 3 is 2.00 bits per heavy atom. The molecule has 0 heterocycles. The Morgan fingerprint density at radius 1 is 0.688 bits per heavy atom. The zero-order valence-corrected chi connectivity index (χ0v) is 22.5. The fraction of sp³-hybridized carbons (Fsp3) is 0.967. The molecule has 0 aromatic rings. The second-order valence-corrected chi connectivity index (χ2v) is 15.4. The zero-order chi connectivity index (χ0) is 23.4. The van der Waals surface area contributed by atoms with Gasteiger partial charge in [0.15, 0.2) is 0 Å². The highest BCUT2D eigenvalue weighted by Crippen LogP contribution is 2.78. The van der Waals surface area contributed by atoms with Crippen molar-refractivity contribution in [1.82, 2.24) is 0 Å². The highest BCUT2D eigenvalue weighted by atomic mass is 16.4. The first-order valence-corrected chi connectivity index (χ1v) is 14.0. The maximum Gasteiger partial charge on any atom is 0.0604 e. The number of rotatable bonds is 0. The van der Waals surface area contributed by atoms with Crippen molar-refractivity contribution in [2.24, 2.45) is 61.3 Å². The summed E-state index contributed by atoms with van der Waals surface area (Å²) in [6.07, 6.45) is 15.0. The zero-order valence-electron chi connectivity index (χ0n) is 22.5. The molecule has 5 rings (SSSR count). The highest BCUT2D eigenvalue weighted by molar-refractivity contribution is 5.87. The quantitative estimate of drug-likeness (QED) is 0.296. The summed E-state index contributed by atoms with van der Waals surface area (Å²) in [4.78, 5) is 0. The van der Waals surface area contributed by atoms with Crippen LogP contribution in [0.5, 0.6) is 0 Å². The van der Waals surface area contributed by atoms with Crippen molar-refractivity contribution in [3.8, 4) is 0 Å². The molecule has 5 aliphatic rings. The molecule has 0 saturated heterocycles. The number of fused-ring (bicyclic) bond motifs is 7. The molecular formula is C30H51NO. The summed E-state index contributed by atoms with van der Waals surface area (Å²) in [6, 6.07) is 0. The Balaban J connectivity index is 1.54. The molecule has 0 spiro atoms. The Hall–Kier alpha value is -0.530. The molecule has 9 atom stereocenters. The Bertz CT molecular complexity index is 816. The summed E-state index contributed by atoms with van der Waals surface area (Å²) in [5.74, 6) is 2.92. The van der Waals surface area contributed by atoms with Crippen LogP contribution >= 0.6 is 0 Å². The molecule has 1 N–H and O–H groups in total. The lowest BCUT2D eigenvalue weighted by molar-refractivity contribution is -0.254. The molecule has 5 aliphatic carbocycles. The number of oxime groups is 1. The minimum absolute atomic E-state index is 0.297. The highest BCUT2D eigenvalue weighted by Gasteiger charge is 2.70. The van der Waals surface area contributed by atoms with Crippen molar-refractivity contribution >= 4 is 5.71 Å². The minimum Gasteiger partial charge on any atom is -0.411 e. The van der Waals surface area contributed by atoms with Crippen LogP contribution < -0.4 is 0 Å². The molecule has 5 fully saturated rings. The molecule has 0 aromatic carbocycles. The third-order valence-corrected chi connectivity index (χ3v) is 13.9. The second kappa shape index (κ2) is 6.78. The van der Waals surface area contributed by atoms with Gasteiger partial charge in [-0.1, -0.05) is 60.5 Å². The van der Waals surface area contributed by atoms with Crippen molar-refractivity contribution in [3.63, 3.8) is 0 Å². The average molecular weight is 442 g/mol. The van der Waals surface area contributed by atoms with Crippen LogP contribution in [-0.4, -0.2) is 10.9 Å². The smallest absolute Gasteiger partial charge is 0.0604 e. The molecule has 2 nitrogen and oxygen atoms in total. The average Bonchev–Trinajstić information content (AvgIpc) is 2.72. The standard InChI is InChI=1S/C30H51NO/c1-20-21(31-32)9-10-22-27(20,5)12-11-23-28(22,6)16-18-30(8)24-19-25(2,3)13-14-26(24,4)15-17-29(23,30)7/h20,22-24,32H,9-19H2,1-8H3/b31-21+. The lowest BCUT2D eigenvalue weighted by Gasteiger charge is -2.75. The maximum absolute atomic E-state index is 9.66. The SMILES string of the molecule is CC1/C(=N/O)CCC2C1(C)CCC1C2(C)CCC2(C)C3CC(C)(C)CCC3(C)CCC12C. The second-order valence-electron chi connectivity index (χ2n) is 15.4. The molecule has 2 heteroatoms. The predicted octanol–water partition coefficient (Wildman–Crippen LogP) is 8.72. The van der Waals surface area contributed by atoms with E-state index in [2.05, 4.69) is 60.5 Å². The Labute approximate surface area is 198 Å². The van der Waals surface area contributed by atoms with E-state index in [1.165, 1.54) is 64.2 Å². The lowest BCUT2D eigenvalue weighted by Crippen LogP contribution is -2.67. The molecule has 9 unspecified atom stereocenters. The van der Waals surface area contributed by atoms with Crippen LogP contribution in [0.1, 0.15) is 126 Å². The molecule has 32 heavy (non-hydrogen) atoms. The van der Waals surface area contributed by atoms with E-state index < -0.39 is 0 Å². The van der Waals surface area contributed by atoms with E-state index in [9.17, 15) is 5.21 Å². The van der Waals surface area contributed by atoms with Crippen LogP contribution in [-0.2, 0) is 0 Å². The normalized spacial score (nSPS) is 58.3. The Kier molecular flexibility index (Phi) is 4.92. The first kappa shape index (κ1) is 23.2. The van der Waals surface area contributed by atoms with E-state index in [4.69, 9.17) is 0 Å². The van der Waals surface area contributed by atoms with Crippen LogP contribution in [0.15, 0.2) is 5.16 Å². The molecule has 0 amide bonds. The predicted molar refractivity (Wildman–Crippen MR) is 134 cm³/mol. The monoisotopic (exact) mass is 441 g/mol. The molecule has 0 aromatic heterocycles. The van der Waals surface area contributed by atoms with E-state index in [0.29, 0.717) is 38.4 Å². The molecule has 0 aliphatic heterocycles. The minimum atomic E-state index is 0.297. The molecule has 182 valence electrons. The molecular weight excluding hydrogens is 390 g/mol. The largest absolute Gasteiger partial charge is 0.411 e. The summed E-state index contributed by atoms with van der Waals surface area (Å²) < 4.78 is 0. The van der Waals surface area contributed by atoms with Gasteiger partial charge in [-0.3, -0.25) is 0 Å². The summed E-state index contributed by atoms with van der Waals surface area (Å²) >= 11 is 0. The van der Waals surface area contributed by atoms with Crippen LogP contribution in [0.25, 0.3) is 0 Å². The van der Waals surface area contributed by atoms with E-state index in [-0.39, 0.29) is 0 Å². The van der Waals surface area contributed by atoms with Crippen LogP contribution in [0.4, 0.5) is 0 Å². The summed E-state index contributed by atoms with van der Waals surface area (Å²) in [5.41, 5.74) is 3.82. The van der Waals surface area contributed by atoms with Crippen molar-refractivity contribution in [3.05, 3.63) is 0 Å². The van der Waals surface area contributed by atoms with Crippen molar-refractivity contribution in [2.45, 2.75) is 126 Å². The Morgan fingerprint density at radius 2 is 1.31 bits per heavy atom. The van der Waals surface area contributed by atoms with Gasteiger partial charge in [-0.2, -0.15) is 0 Å². The first-order chi connectivity index (χ1) is 14.8. The van der Waals surface area contributed by atoms with Gasteiger partial charge in [0.2, 0.25) is 0 Å². The molecule has 0 bridgehead atoms. The summed E-state index contributed by atoms with van der Waals surface area (Å²) in [6.45, 7) is 20.9. The molecule has 5 saturated carbocycles. The summed E-state index contributed by atoms with van der Waals surface area (Å²) in [7, 11) is 0. The first-order valence-electron chi connectivity index (χ1n) is 14.0. The number of hydrogen-bond acceptors (Lipinski definition) is 2. The fourth-order valence-electron chi connectivity index (χ4n) is 11.3. The summed E-state index contributed by atoms with van der Waals surface area (Å²) in [5, 5.41) is 13.4. The van der Waals surface area contributed by atoms with E-state index in [1.54, 1.807) is 0 Å². The van der Waals surface area contributed by atoms with Gasteiger partial charge in [0.05, 0.1) is 5.71 Å². The van der Waals surface area contributed by atoms with Crippen molar-refractivity contribution < 1.29 is 5.21 Å². The van der Waals surface area contributed by atoms with Crippen LogP contribution in [0.3, 0.4) is 0 Å². The van der Waals surface area contributed by atoms with Gasteiger partial charge in [-0.05, 0) is 121 Å². The van der Waals surface area contributed by atoms with Gasteiger partial charge in [-0.25, -0.2) is 0 Å². The van der Waals surface area contributed by atoms with Gasteiger partial charge in [0.1, 0.15) is 0 Å².